The molecule has 30 rings (SSSR count). The third-order valence-corrected chi connectivity index (χ3v) is 28.0. The van der Waals surface area contributed by atoms with Gasteiger partial charge in [-0.1, -0.05) is 303 Å². The van der Waals surface area contributed by atoms with E-state index < -0.39 is 0 Å². The number of rotatable bonds is 11. The second-order valence-corrected chi connectivity index (χ2v) is 35.8. The minimum atomic E-state index is 0.916. The molecule has 654 valence electrons. The molecule has 0 amide bonds. The summed E-state index contributed by atoms with van der Waals surface area (Å²) < 4.78 is 30.9. The number of nitrogens with zero attached hydrogens (tertiary/aromatic N) is 9. The Morgan fingerprint density at radius 3 is 0.879 bits per heavy atom. The van der Waals surface area contributed by atoms with E-state index in [1.54, 1.807) is 0 Å². The van der Waals surface area contributed by atoms with Crippen molar-refractivity contribution in [3.8, 4) is 95.9 Å². The van der Waals surface area contributed by atoms with Crippen LogP contribution in [0, 0.1) is 0 Å². The molecule has 0 radical (unpaired) electrons. The molecule has 140 heavy (non-hydrogen) atoms. The molecule has 0 aliphatic carbocycles. The van der Waals surface area contributed by atoms with Crippen LogP contribution in [0.3, 0.4) is 0 Å². The van der Waals surface area contributed by atoms with Crippen LogP contribution < -0.4 is 0 Å². The van der Waals surface area contributed by atoms with E-state index >= 15 is 0 Å². The fraction of sp³-hybridized carbons (Fsp3) is 0. The Balaban J connectivity index is 0.000000103. The van der Waals surface area contributed by atoms with Crippen molar-refractivity contribution in [1.82, 2.24) is 42.8 Å². The first-order valence-electron chi connectivity index (χ1n) is 47.3. The predicted octanol–water partition coefficient (Wildman–Crippen LogP) is 33.8. The van der Waals surface area contributed by atoms with Gasteiger partial charge in [0.15, 0.2) is 0 Å². The summed E-state index contributed by atoms with van der Waals surface area (Å²) in [6.45, 7) is 0. The van der Waals surface area contributed by atoms with Gasteiger partial charge in [0.25, 0.3) is 0 Å². The third-order valence-electron chi connectivity index (χ3n) is 28.0. The lowest BCUT2D eigenvalue weighted by molar-refractivity contribution is 0.672. The Kier molecular flexibility index (Phi) is 18.4. The summed E-state index contributed by atoms with van der Waals surface area (Å²) in [6.07, 6.45) is 1.83. The van der Waals surface area contributed by atoms with Gasteiger partial charge in [-0.15, -0.1) is 0 Å². The molecule has 10 aromatic heterocycles. The molecule has 0 saturated carbocycles. The van der Waals surface area contributed by atoms with E-state index in [0.717, 1.165) is 249 Å². The number of fused-ring (bicyclic) bond motifs is 26. The monoisotopic (exact) mass is 1790 g/mol. The molecule has 10 heterocycles. The topological polar surface area (TPSA) is 116 Å². The number of pyridine rings is 2. The van der Waals surface area contributed by atoms with Crippen LogP contribution >= 0.6 is 0 Å². The van der Waals surface area contributed by atoms with Crippen molar-refractivity contribution in [2.45, 2.75) is 0 Å². The number of furan rings is 3. The van der Waals surface area contributed by atoms with Crippen LogP contribution in [0.15, 0.2) is 493 Å². The van der Waals surface area contributed by atoms with Crippen molar-refractivity contribution >= 4 is 175 Å². The van der Waals surface area contributed by atoms with Crippen molar-refractivity contribution in [3.63, 3.8) is 0 Å². The quantitative estimate of drug-likeness (QED) is 0.118. The molecule has 0 bridgehead atoms. The molecular formula is C128H79N9O3. The minimum Gasteiger partial charge on any atom is -0.455 e. The Morgan fingerprint density at radius 1 is 0.171 bits per heavy atom. The van der Waals surface area contributed by atoms with Crippen LogP contribution in [-0.2, 0) is 0 Å². The smallest absolute Gasteiger partial charge is 0.145 e. The summed E-state index contributed by atoms with van der Waals surface area (Å²) in [6, 6.07) is 167. The SMILES string of the molecule is c1ccc(-c2nc3ccccc3n2-c2ccc(-c3ccc(-n4c5ccccc5c5c6oc7ccccc7c6ccc54)cc3)cc2)cc1.c1ccc(-n2c(-c3ccc(-c4ccc(-n5c6ccccc6c6c7oc8ccccc8c7ccc65)cc4)cc3)nc3ccccc32)cc1.c1cnc2c(c1)ccc1ccc(-c3ccc(-c4ccc(-n5c6ccccc6c6c7oc8ccccc8c7ccc65)cc4)cc3)nc12. The number of para-hydroxylation sites is 11. The zero-order valence-corrected chi connectivity index (χ0v) is 75.4. The van der Waals surface area contributed by atoms with Crippen LogP contribution in [0.1, 0.15) is 0 Å². The fourth-order valence-corrected chi connectivity index (χ4v) is 21.4. The first kappa shape index (κ1) is 79.5. The number of imidazole rings is 2. The van der Waals surface area contributed by atoms with Gasteiger partial charge in [0.05, 0.1) is 88.1 Å². The molecule has 0 spiro atoms. The molecule has 0 atom stereocenters. The first-order chi connectivity index (χ1) is 69.4. The minimum absolute atomic E-state index is 0.916. The molecule has 0 N–H and O–H groups in total. The lowest BCUT2D eigenvalue weighted by atomic mass is 10.0. The van der Waals surface area contributed by atoms with Crippen molar-refractivity contribution in [2.75, 3.05) is 0 Å². The predicted molar refractivity (Wildman–Crippen MR) is 577 cm³/mol. The summed E-state index contributed by atoms with van der Waals surface area (Å²) in [5.41, 5.74) is 35.2. The maximum Gasteiger partial charge on any atom is 0.145 e. The van der Waals surface area contributed by atoms with Crippen LogP contribution in [0.25, 0.3) is 271 Å². The van der Waals surface area contributed by atoms with Crippen LogP contribution in [0.4, 0.5) is 0 Å². The molecule has 0 fully saturated rings. The second kappa shape index (κ2) is 32.4. The molecule has 0 aliphatic heterocycles. The molecular weight excluding hydrogens is 1710 g/mol. The highest BCUT2D eigenvalue weighted by atomic mass is 16.3. The van der Waals surface area contributed by atoms with Gasteiger partial charge < -0.3 is 27.0 Å². The average Bonchev–Trinajstić information content (AvgIpc) is 1.57. The molecule has 30 aromatic rings. The second-order valence-electron chi connectivity index (χ2n) is 35.8. The highest BCUT2D eigenvalue weighted by molar-refractivity contribution is 6.27. The zero-order chi connectivity index (χ0) is 92.0. The van der Waals surface area contributed by atoms with Crippen molar-refractivity contribution in [2.24, 2.45) is 0 Å². The van der Waals surface area contributed by atoms with Gasteiger partial charge in [0.2, 0.25) is 0 Å². The number of benzene rings is 20. The Bertz CT molecular complexity index is 10200. The van der Waals surface area contributed by atoms with Crippen LogP contribution in [0.2, 0.25) is 0 Å². The van der Waals surface area contributed by atoms with E-state index in [9.17, 15) is 0 Å². The zero-order valence-electron chi connectivity index (χ0n) is 75.4. The van der Waals surface area contributed by atoms with E-state index in [1.165, 1.54) is 21.7 Å². The summed E-state index contributed by atoms with van der Waals surface area (Å²) in [5.74, 6) is 1.87. The van der Waals surface area contributed by atoms with E-state index in [1.807, 2.05) is 72.9 Å². The van der Waals surface area contributed by atoms with Gasteiger partial charge in [0.1, 0.15) is 45.1 Å². The van der Waals surface area contributed by atoms with Crippen molar-refractivity contribution in [3.05, 3.63) is 479 Å². The van der Waals surface area contributed by atoms with Gasteiger partial charge in [-0.05, 0) is 203 Å². The van der Waals surface area contributed by atoms with Gasteiger partial charge in [-0.25, -0.2) is 15.0 Å². The number of hydrogen-bond acceptors (Lipinski definition) is 7. The highest BCUT2D eigenvalue weighted by Gasteiger charge is 2.25. The standard InChI is InChI=1S/2C43H27N3O.C42H25N3O/c1-2-10-30(11-3-1)43-44-36-14-6-8-16-38(36)46(43)32-24-20-29(21-25-32)28-18-22-31(23-19-28)45-37-15-7-4-13-35(37)41-39(45)27-26-34-33-12-5-9-17-40(33)47-42(34)41;1-2-10-31(11-3-1)46-38-16-8-6-14-36(38)44-43(46)30-20-18-28(19-21-30)29-22-24-32(25-23-29)45-37-15-7-4-13-35(37)41-39(45)27-26-34-33-12-5-9-17-40(33)47-42(34)41;1-3-9-36-34(8-1)39-37(24-22-33-32-7-2-4-10-38(32)46-42(33)39)45(36)31-20-17-27(18-21-31)26-11-13-28(14-12-26)35-23-19-30-16-15-29-6-5-25-43-40(29)41(30)44-35/h2*1-27H;1-25H. The molecule has 0 saturated heterocycles. The summed E-state index contributed by atoms with van der Waals surface area (Å²) in [4.78, 5) is 19.7. The molecule has 20 aromatic carbocycles. The molecule has 0 unspecified atom stereocenters. The lowest BCUT2D eigenvalue weighted by Crippen LogP contribution is -1.97. The molecule has 12 nitrogen and oxygen atoms in total. The van der Waals surface area contributed by atoms with Crippen LogP contribution in [0.5, 0.6) is 0 Å². The normalized spacial score (nSPS) is 11.9. The Labute approximate surface area is 800 Å². The number of aromatic nitrogens is 9. The van der Waals surface area contributed by atoms with E-state index in [4.69, 9.17) is 28.2 Å². The molecule has 12 heteroatoms. The van der Waals surface area contributed by atoms with Gasteiger partial charge in [-0.2, -0.15) is 0 Å². The molecule has 0 aliphatic rings. The summed E-state index contributed by atoms with van der Waals surface area (Å²) in [7, 11) is 0. The maximum atomic E-state index is 6.47. The first-order valence-corrected chi connectivity index (χ1v) is 47.3. The van der Waals surface area contributed by atoms with Crippen molar-refractivity contribution in [1.29, 1.82) is 0 Å². The van der Waals surface area contributed by atoms with Gasteiger partial charge in [0, 0.05) is 111 Å². The fourth-order valence-electron chi connectivity index (χ4n) is 21.4. The number of hydrogen-bond donors (Lipinski definition) is 0. The van der Waals surface area contributed by atoms with Crippen molar-refractivity contribution < 1.29 is 13.3 Å². The highest BCUT2D eigenvalue weighted by Crippen LogP contribution is 2.47. The Hall–Kier alpha value is -19.0. The summed E-state index contributed by atoms with van der Waals surface area (Å²) >= 11 is 0. The van der Waals surface area contributed by atoms with E-state index in [-0.39, 0.29) is 0 Å². The average molecular weight is 1790 g/mol. The lowest BCUT2D eigenvalue weighted by Gasteiger charge is -2.12. The van der Waals surface area contributed by atoms with E-state index in [2.05, 4.69) is 434 Å². The maximum absolute atomic E-state index is 6.47. The van der Waals surface area contributed by atoms with E-state index in [0.29, 0.717) is 0 Å². The largest absolute Gasteiger partial charge is 0.455 e. The van der Waals surface area contributed by atoms with Gasteiger partial charge >= 0.3 is 0 Å². The third kappa shape index (κ3) is 13.0. The summed E-state index contributed by atoms with van der Waals surface area (Å²) in [5, 5.41) is 16.1. The Morgan fingerprint density at radius 2 is 0.471 bits per heavy atom. The van der Waals surface area contributed by atoms with Crippen LogP contribution in [-0.4, -0.2) is 42.8 Å². The van der Waals surface area contributed by atoms with Gasteiger partial charge in [-0.3, -0.25) is 14.1 Å².